The van der Waals surface area contributed by atoms with E-state index in [4.69, 9.17) is 10.5 Å². The van der Waals surface area contributed by atoms with Gasteiger partial charge in [0.15, 0.2) is 0 Å². The zero-order valence-corrected chi connectivity index (χ0v) is 11.0. The highest BCUT2D eigenvalue weighted by atomic mass is 16.5. The molecule has 0 unspecified atom stereocenters. The highest BCUT2D eigenvalue weighted by Gasteiger charge is 2.08. The number of benzene rings is 2. The zero-order valence-electron chi connectivity index (χ0n) is 11.0. The molecule has 2 N–H and O–H groups in total. The van der Waals surface area contributed by atoms with Crippen molar-refractivity contribution in [3.05, 3.63) is 48.0 Å². The smallest absolute Gasteiger partial charge is 0.143 e. The predicted molar refractivity (Wildman–Crippen MR) is 76.6 cm³/mol. The first-order chi connectivity index (χ1) is 8.63. The summed E-state index contributed by atoms with van der Waals surface area (Å²) in [5.74, 6) is 0.702. The van der Waals surface area contributed by atoms with Crippen molar-refractivity contribution in [3.63, 3.8) is 0 Å². The van der Waals surface area contributed by atoms with Gasteiger partial charge in [-0.15, -0.1) is 0 Å². The summed E-state index contributed by atoms with van der Waals surface area (Å²) in [6, 6.07) is 14.1. The van der Waals surface area contributed by atoms with Crippen molar-refractivity contribution in [2.45, 2.75) is 6.92 Å². The van der Waals surface area contributed by atoms with Crippen LogP contribution in [0.1, 0.15) is 5.56 Å². The minimum Gasteiger partial charge on any atom is -0.495 e. The zero-order chi connectivity index (χ0) is 13.1. The van der Waals surface area contributed by atoms with Crippen LogP contribution in [0.3, 0.4) is 0 Å². The molecule has 2 aromatic rings. The van der Waals surface area contributed by atoms with E-state index in [1.54, 1.807) is 7.11 Å². The van der Waals surface area contributed by atoms with Crippen molar-refractivity contribution in [1.82, 2.24) is 0 Å². The number of rotatable bonds is 3. The number of hydrogen-bond donors (Lipinski definition) is 1. The Morgan fingerprint density at radius 1 is 1.11 bits per heavy atom. The summed E-state index contributed by atoms with van der Waals surface area (Å²) in [6.07, 6.45) is 0. The third kappa shape index (κ3) is 2.25. The number of nitrogen functional groups attached to an aromatic ring is 1. The van der Waals surface area contributed by atoms with Gasteiger partial charge in [0.2, 0.25) is 0 Å². The molecule has 0 amide bonds. The van der Waals surface area contributed by atoms with Gasteiger partial charge in [-0.25, -0.2) is 0 Å². The number of methoxy groups -OCH3 is 1. The molecular weight excluding hydrogens is 224 g/mol. The molecule has 0 aliphatic rings. The fourth-order valence-electron chi connectivity index (χ4n) is 1.99. The molecule has 2 rings (SSSR count). The average molecular weight is 242 g/mol. The first-order valence-electron chi connectivity index (χ1n) is 5.86. The Labute approximate surface area is 108 Å². The molecule has 0 fully saturated rings. The summed E-state index contributed by atoms with van der Waals surface area (Å²) in [4.78, 5) is 2.12. The highest BCUT2D eigenvalue weighted by Crippen LogP contribution is 2.31. The van der Waals surface area contributed by atoms with Gasteiger partial charge in [0.25, 0.3) is 0 Å². The monoisotopic (exact) mass is 242 g/mol. The Hall–Kier alpha value is -2.16. The molecular formula is C15H18N2O. The van der Waals surface area contributed by atoms with Crippen LogP contribution in [0, 0.1) is 6.92 Å². The van der Waals surface area contributed by atoms with Gasteiger partial charge >= 0.3 is 0 Å². The highest BCUT2D eigenvalue weighted by molar-refractivity contribution is 5.70. The number of nitrogens with zero attached hydrogens (tertiary/aromatic N) is 1. The second kappa shape index (κ2) is 5.00. The van der Waals surface area contributed by atoms with Gasteiger partial charge in [0, 0.05) is 24.5 Å². The first kappa shape index (κ1) is 12.3. The minimum absolute atomic E-state index is 0.652. The predicted octanol–water partition coefficient (Wildman–Crippen LogP) is 3.35. The summed E-state index contributed by atoms with van der Waals surface area (Å²) in [5.41, 5.74) is 9.93. The topological polar surface area (TPSA) is 38.5 Å². The van der Waals surface area contributed by atoms with Gasteiger partial charge < -0.3 is 15.4 Å². The van der Waals surface area contributed by atoms with Crippen LogP contribution >= 0.6 is 0 Å². The van der Waals surface area contributed by atoms with Crippen LogP contribution in [-0.2, 0) is 0 Å². The van der Waals surface area contributed by atoms with Gasteiger partial charge in [-0.05, 0) is 30.7 Å². The van der Waals surface area contributed by atoms with Gasteiger partial charge in [0.1, 0.15) is 5.75 Å². The van der Waals surface area contributed by atoms with E-state index in [0.717, 1.165) is 5.69 Å². The van der Waals surface area contributed by atoms with Crippen LogP contribution in [-0.4, -0.2) is 14.2 Å². The maximum Gasteiger partial charge on any atom is 0.143 e. The lowest BCUT2D eigenvalue weighted by atomic mass is 10.1. The van der Waals surface area contributed by atoms with Crippen LogP contribution in [0.5, 0.6) is 5.75 Å². The first-order valence-corrected chi connectivity index (χ1v) is 5.86. The number of hydrogen-bond acceptors (Lipinski definition) is 3. The second-order valence-corrected chi connectivity index (χ2v) is 4.27. The van der Waals surface area contributed by atoms with Gasteiger partial charge in [-0.1, -0.05) is 18.2 Å². The lowest BCUT2D eigenvalue weighted by molar-refractivity contribution is 0.417. The Balaban J connectivity index is 2.40. The molecule has 0 saturated carbocycles. The van der Waals surface area contributed by atoms with E-state index in [1.165, 1.54) is 11.3 Å². The Morgan fingerprint density at radius 3 is 2.50 bits per heavy atom. The molecule has 2 aromatic carbocycles. The molecule has 0 saturated heterocycles. The van der Waals surface area contributed by atoms with Crippen molar-refractivity contribution >= 4 is 17.1 Å². The molecule has 94 valence electrons. The normalized spacial score (nSPS) is 10.2. The van der Waals surface area contributed by atoms with Gasteiger partial charge in [-0.2, -0.15) is 0 Å². The van der Waals surface area contributed by atoms with Crippen molar-refractivity contribution in [3.8, 4) is 5.75 Å². The molecule has 0 atom stereocenters. The lowest BCUT2D eigenvalue weighted by Crippen LogP contribution is -2.11. The molecule has 3 nitrogen and oxygen atoms in total. The standard InChI is InChI=1S/C15H18N2O/c1-11-6-4-5-7-14(11)17(2)12-8-9-13(16)15(10-12)18-3/h4-10H,16H2,1-3H3. The van der Waals surface area contributed by atoms with Gasteiger partial charge in [0.05, 0.1) is 12.8 Å². The average Bonchev–Trinajstić information content (AvgIpc) is 2.39. The van der Waals surface area contributed by atoms with Crippen LogP contribution < -0.4 is 15.4 Å². The minimum atomic E-state index is 0.652. The molecule has 0 spiro atoms. The Morgan fingerprint density at radius 2 is 1.83 bits per heavy atom. The van der Waals surface area contributed by atoms with E-state index < -0.39 is 0 Å². The largest absolute Gasteiger partial charge is 0.495 e. The maximum absolute atomic E-state index is 5.83. The van der Waals surface area contributed by atoms with Crippen molar-refractivity contribution in [2.24, 2.45) is 0 Å². The quantitative estimate of drug-likeness (QED) is 0.839. The maximum atomic E-state index is 5.83. The second-order valence-electron chi connectivity index (χ2n) is 4.27. The SMILES string of the molecule is COc1cc(N(C)c2ccccc2C)ccc1N. The Bertz CT molecular complexity index is 552. The number of aryl methyl sites for hydroxylation is 1. The summed E-state index contributed by atoms with van der Waals surface area (Å²) < 4.78 is 5.25. The fraction of sp³-hybridized carbons (Fsp3) is 0.200. The molecule has 3 heteroatoms. The van der Waals surface area contributed by atoms with E-state index in [2.05, 4.69) is 24.0 Å². The number of para-hydroxylation sites is 1. The number of nitrogens with two attached hydrogens (primary N) is 1. The van der Waals surface area contributed by atoms with Crippen molar-refractivity contribution in [1.29, 1.82) is 0 Å². The summed E-state index contributed by atoms with van der Waals surface area (Å²) in [5, 5.41) is 0. The van der Waals surface area contributed by atoms with E-state index in [9.17, 15) is 0 Å². The third-order valence-corrected chi connectivity index (χ3v) is 3.08. The van der Waals surface area contributed by atoms with E-state index in [0.29, 0.717) is 11.4 Å². The van der Waals surface area contributed by atoms with E-state index >= 15 is 0 Å². The molecule has 0 aromatic heterocycles. The molecule has 0 aliphatic carbocycles. The Kier molecular flexibility index (Phi) is 3.42. The van der Waals surface area contributed by atoms with Crippen LogP contribution in [0.25, 0.3) is 0 Å². The summed E-state index contributed by atoms with van der Waals surface area (Å²) in [6.45, 7) is 2.10. The summed E-state index contributed by atoms with van der Waals surface area (Å²) in [7, 11) is 3.66. The van der Waals surface area contributed by atoms with Gasteiger partial charge in [-0.3, -0.25) is 0 Å². The summed E-state index contributed by atoms with van der Waals surface area (Å²) >= 11 is 0. The van der Waals surface area contributed by atoms with Crippen molar-refractivity contribution < 1.29 is 4.74 Å². The van der Waals surface area contributed by atoms with Crippen LogP contribution in [0.4, 0.5) is 17.1 Å². The molecule has 18 heavy (non-hydrogen) atoms. The molecule has 0 heterocycles. The fourth-order valence-corrected chi connectivity index (χ4v) is 1.99. The lowest BCUT2D eigenvalue weighted by Gasteiger charge is -2.22. The number of ether oxygens (including phenoxy) is 1. The van der Waals surface area contributed by atoms with E-state index in [-0.39, 0.29) is 0 Å². The van der Waals surface area contributed by atoms with Crippen molar-refractivity contribution in [2.75, 3.05) is 24.8 Å². The molecule has 0 bridgehead atoms. The molecule has 0 radical (unpaired) electrons. The van der Waals surface area contributed by atoms with E-state index in [1.807, 2.05) is 37.4 Å². The van der Waals surface area contributed by atoms with Crippen LogP contribution in [0.15, 0.2) is 42.5 Å². The number of anilines is 3. The molecule has 0 aliphatic heterocycles. The van der Waals surface area contributed by atoms with Crippen LogP contribution in [0.2, 0.25) is 0 Å². The third-order valence-electron chi connectivity index (χ3n) is 3.08.